The predicted molar refractivity (Wildman–Crippen MR) is 112 cm³/mol. The minimum atomic E-state index is -0.00473. The van der Waals surface area contributed by atoms with Gasteiger partial charge >= 0.3 is 0 Å². The van der Waals surface area contributed by atoms with Gasteiger partial charge in [-0.2, -0.15) is 0 Å². The third kappa shape index (κ3) is 4.58. The van der Waals surface area contributed by atoms with Crippen LogP contribution in [0, 0.1) is 0 Å². The maximum Gasteiger partial charge on any atom is 0.251 e. The molecule has 0 radical (unpaired) electrons. The number of amides is 1. The van der Waals surface area contributed by atoms with Gasteiger partial charge in [-0.25, -0.2) is 0 Å². The number of nitrogens with zero attached hydrogens (tertiary/aromatic N) is 1. The first kappa shape index (κ1) is 18.7. The molecule has 1 amide bonds. The summed E-state index contributed by atoms with van der Waals surface area (Å²) in [6.45, 7) is 4.25. The van der Waals surface area contributed by atoms with Crippen LogP contribution in [0.1, 0.15) is 28.4 Å². The predicted octanol–water partition coefficient (Wildman–Crippen LogP) is 4.03. The van der Waals surface area contributed by atoms with Gasteiger partial charge in [0, 0.05) is 31.7 Å². The number of hydrogen-bond acceptors (Lipinski definition) is 3. The zero-order valence-corrected chi connectivity index (χ0v) is 16.0. The summed E-state index contributed by atoms with van der Waals surface area (Å²) in [5.74, 6) is -0.00473. The number of hydrogen-bond donors (Lipinski definition) is 1. The van der Waals surface area contributed by atoms with Gasteiger partial charge in [-0.3, -0.25) is 9.69 Å². The molecule has 1 heterocycles. The molecule has 1 unspecified atom stereocenters. The lowest BCUT2D eigenvalue weighted by Gasteiger charge is -2.33. The summed E-state index contributed by atoms with van der Waals surface area (Å²) < 4.78 is 5.92. The van der Waals surface area contributed by atoms with Crippen LogP contribution in [0.15, 0.2) is 72.8 Å². The van der Waals surface area contributed by atoms with Crippen molar-refractivity contribution in [1.82, 2.24) is 10.2 Å². The van der Waals surface area contributed by atoms with E-state index in [0.717, 1.165) is 43.4 Å². The Hall–Kier alpha value is -2.69. The quantitative estimate of drug-likeness (QED) is 0.662. The molecule has 1 N–H and O–H groups in total. The zero-order chi connectivity index (χ0) is 19.2. The van der Waals surface area contributed by atoms with E-state index in [9.17, 15) is 4.79 Å². The average Bonchev–Trinajstić information content (AvgIpc) is 2.77. The number of benzene rings is 3. The molecule has 1 fully saturated rings. The van der Waals surface area contributed by atoms with E-state index in [0.29, 0.717) is 12.1 Å². The zero-order valence-electron chi connectivity index (χ0n) is 16.0. The molecule has 28 heavy (non-hydrogen) atoms. The van der Waals surface area contributed by atoms with Gasteiger partial charge in [-0.1, -0.05) is 60.7 Å². The molecule has 4 nitrogen and oxygen atoms in total. The van der Waals surface area contributed by atoms with E-state index in [4.69, 9.17) is 4.74 Å². The van der Waals surface area contributed by atoms with Gasteiger partial charge in [0.25, 0.3) is 5.91 Å². The molecule has 0 bridgehead atoms. The summed E-state index contributed by atoms with van der Waals surface area (Å²) in [5.41, 5.74) is 1.95. The first-order chi connectivity index (χ1) is 13.8. The Labute approximate surface area is 166 Å². The summed E-state index contributed by atoms with van der Waals surface area (Å²) in [6.07, 6.45) is 1.07. The number of rotatable bonds is 6. The Morgan fingerprint density at radius 1 is 1.00 bits per heavy atom. The van der Waals surface area contributed by atoms with Crippen LogP contribution in [0.2, 0.25) is 0 Å². The first-order valence-corrected chi connectivity index (χ1v) is 9.95. The van der Waals surface area contributed by atoms with E-state index in [1.165, 1.54) is 5.56 Å². The number of fused-ring (bicyclic) bond motifs is 1. The van der Waals surface area contributed by atoms with E-state index in [-0.39, 0.29) is 12.0 Å². The van der Waals surface area contributed by atoms with Gasteiger partial charge in [-0.15, -0.1) is 0 Å². The second-order valence-electron chi connectivity index (χ2n) is 7.24. The molecule has 0 saturated carbocycles. The number of carbonyl (C=O) groups excluding carboxylic acids is 1. The van der Waals surface area contributed by atoms with Crippen LogP contribution in [0.25, 0.3) is 10.8 Å². The summed E-state index contributed by atoms with van der Waals surface area (Å²) in [4.78, 5) is 14.9. The highest BCUT2D eigenvalue weighted by Crippen LogP contribution is 2.21. The molecule has 1 aliphatic rings. The fraction of sp³-hybridized carbons (Fsp3) is 0.292. The molecule has 3 aromatic carbocycles. The molecular weight excluding hydrogens is 348 g/mol. The van der Waals surface area contributed by atoms with E-state index in [1.807, 2.05) is 42.5 Å². The van der Waals surface area contributed by atoms with Crippen molar-refractivity contribution in [3.63, 3.8) is 0 Å². The molecule has 1 atom stereocenters. The highest BCUT2D eigenvalue weighted by atomic mass is 16.5. The maximum absolute atomic E-state index is 12.4. The van der Waals surface area contributed by atoms with Crippen molar-refractivity contribution < 1.29 is 9.53 Å². The third-order valence-corrected chi connectivity index (χ3v) is 5.27. The Bertz CT molecular complexity index is 926. The van der Waals surface area contributed by atoms with Gasteiger partial charge in [0.15, 0.2) is 0 Å². The number of ether oxygens (including phenoxy) is 1. The van der Waals surface area contributed by atoms with E-state index in [2.05, 4.69) is 40.5 Å². The minimum Gasteiger partial charge on any atom is -0.371 e. The molecule has 144 valence electrons. The molecular formula is C24H26N2O2. The molecule has 4 rings (SSSR count). The molecule has 3 aromatic rings. The van der Waals surface area contributed by atoms with Crippen molar-refractivity contribution in [1.29, 1.82) is 0 Å². The molecule has 4 heteroatoms. The van der Waals surface area contributed by atoms with E-state index < -0.39 is 0 Å². The first-order valence-electron chi connectivity index (χ1n) is 9.95. The highest BCUT2D eigenvalue weighted by Gasteiger charge is 2.21. The number of nitrogens with one attached hydrogen (secondary N) is 1. The van der Waals surface area contributed by atoms with Gasteiger partial charge in [0.2, 0.25) is 0 Å². The minimum absolute atomic E-state index is 0.00473. The largest absolute Gasteiger partial charge is 0.371 e. The molecule has 0 aromatic heterocycles. The summed E-state index contributed by atoms with van der Waals surface area (Å²) in [5, 5.41) is 5.29. The van der Waals surface area contributed by atoms with E-state index in [1.54, 1.807) is 0 Å². The van der Waals surface area contributed by atoms with Crippen LogP contribution in [0.3, 0.4) is 0 Å². The fourth-order valence-corrected chi connectivity index (χ4v) is 3.71. The van der Waals surface area contributed by atoms with Crippen molar-refractivity contribution >= 4 is 16.7 Å². The van der Waals surface area contributed by atoms with Crippen LogP contribution in [0.5, 0.6) is 0 Å². The maximum atomic E-state index is 12.4. The fourth-order valence-electron chi connectivity index (χ4n) is 3.71. The van der Waals surface area contributed by atoms with Crippen molar-refractivity contribution in [2.75, 3.05) is 32.8 Å². The summed E-state index contributed by atoms with van der Waals surface area (Å²) >= 11 is 0. The highest BCUT2D eigenvalue weighted by molar-refractivity contribution is 5.98. The summed E-state index contributed by atoms with van der Waals surface area (Å²) in [6, 6.07) is 24.3. The van der Waals surface area contributed by atoms with Gasteiger partial charge < -0.3 is 10.1 Å². The lowest BCUT2D eigenvalue weighted by Crippen LogP contribution is -2.39. The molecule has 1 aliphatic heterocycles. The lowest BCUT2D eigenvalue weighted by molar-refractivity contribution is -0.0301. The number of morpholine rings is 1. The van der Waals surface area contributed by atoms with Crippen LogP contribution in [-0.4, -0.2) is 43.6 Å². The van der Waals surface area contributed by atoms with Crippen molar-refractivity contribution in [2.45, 2.75) is 12.5 Å². The van der Waals surface area contributed by atoms with Gasteiger partial charge in [-0.05, 0) is 34.9 Å². The van der Waals surface area contributed by atoms with Gasteiger partial charge in [0.05, 0.1) is 12.7 Å². The van der Waals surface area contributed by atoms with Crippen LogP contribution < -0.4 is 5.32 Å². The Morgan fingerprint density at radius 3 is 2.64 bits per heavy atom. The Balaban J connectivity index is 1.24. The van der Waals surface area contributed by atoms with Crippen molar-refractivity contribution in [3.8, 4) is 0 Å². The second kappa shape index (κ2) is 9.00. The average molecular weight is 374 g/mol. The molecule has 1 saturated heterocycles. The van der Waals surface area contributed by atoms with Crippen molar-refractivity contribution in [2.24, 2.45) is 0 Å². The molecule has 0 spiro atoms. The van der Waals surface area contributed by atoms with Crippen LogP contribution >= 0.6 is 0 Å². The van der Waals surface area contributed by atoms with E-state index >= 15 is 0 Å². The smallest absolute Gasteiger partial charge is 0.251 e. The molecule has 0 aliphatic carbocycles. The van der Waals surface area contributed by atoms with Crippen LogP contribution in [0.4, 0.5) is 0 Å². The van der Waals surface area contributed by atoms with Crippen LogP contribution in [-0.2, 0) is 4.74 Å². The third-order valence-electron chi connectivity index (χ3n) is 5.27. The monoisotopic (exact) mass is 374 g/mol. The second-order valence-corrected chi connectivity index (χ2v) is 7.24. The van der Waals surface area contributed by atoms with Crippen molar-refractivity contribution in [3.05, 3.63) is 83.9 Å². The van der Waals surface area contributed by atoms with Gasteiger partial charge in [0.1, 0.15) is 0 Å². The standard InChI is InChI=1S/C24H26N2O2/c27-24(22-12-11-19-7-4-5-10-21(19)17-22)25-13-6-14-26-15-16-28-23(18-26)20-8-2-1-3-9-20/h1-5,7-12,17,23H,6,13-16,18H2,(H,25,27). The normalized spacial score (nSPS) is 17.5. The summed E-state index contributed by atoms with van der Waals surface area (Å²) in [7, 11) is 0. The lowest BCUT2D eigenvalue weighted by atomic mass is 10.1. The number of carbonyl (C=O) groups is 1. The Morgan fingerprint density at radius 2 is 1.79 bits per heavy atom. The SMILES string of the molecule is O=C(NCCCN1CCOC(c2ccccc2)C1)c1ccc2ccccc2c1. The topological polar surface area (TPSA) is 41.6 Å². The Kier molecular flexibility index (Phi) is 6.00.